The summed E-state index contributed by atoms with van der Waals surface area (Å²) < 4.78 is 77.6. The highest BCUT2D eigenvalue weighted by Crippen LogP contribution is 2.35. The third-order valence-corrected chi connectivity index (χ3v) is 6.20. The summed E-state index contributed by atoms with van der Waals surface area (Å²) in [5, 5.41) is 2.64. The fraction of sp³-hybridized carbons (Fsp3) is 0.474. The van der Waals surface area contributed by atoms with Crippen LogP contribution in [0.1, 0.15) is 47.9 Å². The topological polar surface area (TPSA) is 114 Å². The molecule has 1 aliphatic rings. The van der Waals surface area contributed by atoms with Gasteiger partial charge in [-0.15, -0.1) is 0 Å². The number of aromatic nitrogens is 1. The first-order valence-corrected chi connectivity index (χ1v) is 11.3. The van der Waals surface area contributed by atoms with E-state index in [9.17, 15) is 26.4 Å². The molecule has 9 nitrogen and oxygen atoms in total. The number of ether oxygens (including phenoxy) is 1. The lowest BCUT2D eigenvalue weighted by Crippen LogP contribution is -2.44. The smallest absolute Gasteiger partial charge is 0.416 e. The fourth-order valence-corrected chi connectivity index (χ4v) is 4.24. The SMILES string of the molecule is CC(C)c1ccc(C(F)(F)F)cc1Nc1ncc(C(=O)NS(=O)(=O)N2CCCOCC2)o1. The van der Waals surface area contributed by atoms with Gasteiger partial charge in [0, 0.05) is 25.4 Å². The molecule has 0 radical (unpaired) electrons. The molecule has 0 unspecified atom stereocenters. The van der Waals surface area contributed by atoms with E-state index in [2.05, 4.69) is 10.3 Å². The molecule has 1 amide bonds. The van der Waals surface area contributed by atoms with Crippen molar-refractivity contribution in [3.05, 3.63) is 41.3 Å². The summed E-state index contributed by atoms with van der Waals surface area (Å²) in [7, 11) is -4.12. The van der Waals surface area contributed by atoms with E-state index in [1.54, 1.807) is 13.8 Å². The second kappa shape index (κ2) is 9.46. The minimum atomic E-state index is -4.54. The van der Waals surface area contributed by atoms with Gasteiger partial charge in [0.05, 0.1) is 18.4 Å². The molecule has 1 aromatic carbocycles. The Morgan fingerprint density at radius 3 is 2.66 bits per heavy atom. The number of halogens is 3. The molecule has 1 fully saturated rings. The number of carbonyl (C=O) groups is 1. The number of oxazole rings is 1. The Balaban J connectivity index is 1.76. The Morgan fingerprint density at radius 2 is 1.97 bits per heavy atom. The van der Waals surface area contributed by atoms with E-state index >= 15 is 0 Å². The number of nitrogens with zero attached hydrogens (tertiary/aromatic N) is 2. The molecular weight excluding hydrogens is 453 g/mol. The number of carbonyl (C=O) groups excluding carboxylic acids is 1. The van der Waals surface area contributed by atoms with Crippen molar-refractivity contribution in [2.24, 2.45) is 0 Å². The third kappa shape index (κ3) is 5.78. The van der Waals surface area contributed by atoms with Crippen LogP contribution in [-0.2, 0) is 21.1 Å². The Labute approximate surface area is 183 Å². The van der Waals surface area contributed by atoms with Crippen LogP contribution in [0.15, 0.2) is 28.8 Å². The largest absolute Gasteiger partial charge is 0.418 e. The molecule has 0 bridgehead atoms. The maximum atomic E-state index is 13.1. The van der Waals surface area contributed by atoms with Crippen molar-refractivity contribution in [3.63, 3.8) is 0 Å². The van der Waals surface area contributed by atoms with Crippen LogP contribution >= 0.6 is 0 Å². The first-order valence-electron chi connectivity index (χ1n) is 9.81. The highest BCUT2D eigenvalue weighted by molar-refractivity contribution is 7.87. The van der Waals surface area contributed by atoms with Gasteiger partial charge in [-0.1, -0.05) is 19.9 Å². The maximum Gasteiger partial charge on any atom is 0.416 e. The number of hydrogen-bond acceptors (Lipinski definition) is 7. The molecule has 176 valence electrons. The number of benzene rings is 1. The Bertz CT molecular complexity index is 1060. The van der Waals surface area contributed by atoms with Crippen molar-refractivity contribution in [2.75, 3.05) is 31.6 Å². The molecule has 0 atom stereocenters. The minimum Gasteiger partial charge on any atom is -0.418 e. The lowest BCUT2D eigenvalue weighted by atomic mass is 9.99. The Morgan fingerprint density at radius 1 is 1.22 bits per heavy atom. The van der Waals surface area contributed by atoms with Crippen LogP contribution in [-0.4, -0.2) is 49.9 Å². The number of hydrogen-bond donors (Lipinski definition) is 2. The van der Waals surface area contributed by atoms with E-state index in [1.165, 1.54) is 6.07 Å². The number of nitrogens with one attached hydrogen (secondary N) is 2. The highest BCUT2D eigenvalue weighted by Gasteiger charge is 2.31. The summed E-state index contributed by atoms with van der Waals surface area (Å²) in [6.07, 6.45) is -3.07. The lowest BCUT2D eigenvalue weighted by Gasteiger charge is -2.18. The molecule has 1 saturated heterocycles. The summed E-state index contributed by atoms with van der Waals surface area (Å²) in [6, 6.07) is 3.00. The number of anilines is 2. The molecule has 3 rings (SSSR count). The van der Waals surface area contributed by atoms with Gasteiger partial charge in [0.1, 0.15) is 0 Å². The van der Waals surface area contributed by atoms with E-state index in [0.717, 1.165) is 22.6 Å². The number of amides is 1. The van der Waals surface area contributed by atoms with Crippen molar-refractivity contribution in [2.45, 2.75) is 32.4 Å². The van der Waals surface area contributed by atoms with Crippen LogP contribution in [0, 0.1) is 0 Å². The molecule has 1 aliphatic heterocycles. The van der Waals surface area contributed by atoms with Crippen LogP contribution < -0.4 is 10.0 Å². The first kappa shape index (κ1) is 24.0. The van der Waals surface area contributed by atoms with Crippen molar-refractivity contribution in [1.82, 2.24) is 14.0 Å². The predicted molar refractivity (Wildman–Crippen MR) is 109 cm³/mol. The summed E-state index contributed by atoms with van der Waals surface area (Å²) >= 11 is 0. The highest BCUT2D eigenvalue weighted by atomic mass is 32.2. The van der Waals surface area contributed by atoms with Gasteiger partial charge >= 0.3 is 22.3 Å². The molecule has 1 aromatic heterocycles. The summed E-state index contributed by atoms with van der Waals surface area (Å²) in [5.74, 6) is -1.58. The van der Waals surface area contributed by atoms with Crippen LogP contribution in [0.2, 0.25) is 0 Å². The lowest BCUT2D eigenvalue weighted by molar-refractivity contribution is -0.137. The molecule has 2 N–H and O–H groups in total. The van der Waals surface area contributed by atoms with E-state index < -0.39 is 33.6 Å². The van der Waals surface area contributed by atoms with Crippen LogP contribution in [0.5, 0.6) is 0 Å². The van der Waals surface area contributed by atoms with Crippen LogP contribution in [0.3, 0.4) is 0 Å². The van der Waals surface area contributed by atoms with E-state index in [1.807, 2.05) is 4.72 Å². The summed E-state index contributed by atoms with van der Waals surface area (Å²) in [4.78, 5) is 16.2. The molecular formula is C19H23F3N4O5S. The molecule has 32 heavy (non-hydrogen) atoms. The second-order valence-corrected chi connectivity index (χ2v) is 9.08. The molecule has 0 saturated carbocycles. The maximum absolute atomic E-state index is 13.1. The average Bonchev–Trinajstić information content (AvgIpc) is 2.98. The zero-order valence-corrected chi connectivity index (χ0v) is 18.2. The average molecular weight is 476 g/mol. The summed E-state index contributed by atoms with van der Waals surface area (Å²) in [6.45, 7) is 4.53. The zero-order valence-electron chi connectivity index (χ0n) is 17.4. The number of rotatable bonds is 6. The van der Waals surface area contributed by atoms with E-state index in [-0.39, 0.29) is 37.3 Å². The molecule has 2 heterocycles. The van der Waals surface area contributed by atoms with Crippen LogP contribution in [0.25, 0.3) is 0 Å². The fourth-order valence-electron chi connectivity index (χ4n) is 3.09. The molecule has 0 spiro atoms. The van der Waals surface area contributed by atoms with Crippen LogP contribution in [0.4, 0.5) is 24.9 Å². The molecule has 0 aliphatic carbocycles. The van der Waals surface area contributed by atoms with Gasteiger partial charge in [-0.2, -0.15) is 25.9 Å². The normalized spacial score (nSPS) is 16.1. The minimum absolute atomic E-state index is 0.0966. The van der Waals surface area contributed by atoms with Gasteiger partial charge in [0.15, 0.2) is 0 Å². The Hall–Kier alpha value is -2.64. The van der Waals surface area contributed by atoms with Crippen molar-refractivity contribution in [3.8, 4) is 0 Å². The van der Waals surface area contributed by atoms with Gasteiger partial charge in [-0.05, 0) is 30.0 Å². The van der Waals surface area contributed by atoms with E-state index in [0.29, 0.717) is 18.6 Å². The van der Waals surface area contributed by atoms with E-state index in [4.69, 9.17) is 9.15 Å². The number of alkyl halides is 3. The Kier molecular flexibility index (Phi) is 7.10. The van der Waals surface area contributed by atoms with Crippen molar-refractivity contribution >= 4 is 27.8 Å². The van der Waals surface area contributed by atoms with Gasteiger partial charge < -0.3 is 14.5 Å². The second-order valence-electron chi connectivity index (χ2n) is 7.41. The standard InChI is InChI=1S/C19H23F3N4O5S/c1-12(2)14-5-4-13(19(20,21)22)10-15(14)24-18-23-11-16(31-18)17(27)25-32(28,29)26-6-3-8-30-9-7-26/h4-5,10-12H,3,6-9H2,1-2H3,(H,23,24)(H,25,27). The zero-order chi connectivity index (χ0) is 23.5. The van der Waals surface area contributed by atoms with Crippen molar-refractivity contribution in [1.29, 1.82) is 0 Å². The van der Waals surface area contributed by atoms with Gasteiger partial charge in [0.2, 0.25) is 5.76 Å². The van der Waals surface area contributed by atoms with Gasteiger partial charge in [-0.3, -0.25) is 4.79 Å². The van der Waals surface area contributed by atoms with Gasteiger partial charge in [0.25, 0.3) is 6.01 Å². The van der Waals surface area contributed by atoms with Crippen molar-refractivity contribution < 1.29 is 35.5 Å². The summed E-state index contributed by atoms with van der Waals surface area (Å²) in [5.41, 5.74) is -0.171. The molecule has 2 aromatic rings. The monoisotopic (exact) mass is 476 g/mol. The van der Waals surface area contributed by atoms with Gasteiger partial charge in [-0.25, -0.2) is 9.71 Å². The molecule has 13 heteroatoms. The quantitative estimate of drug-likeness (QED) is 0.658. The first-order chi connectivity index (χ1) is 15.0. The predicted octanol–water partition coefficient (Wildman–Crippen LogP) is 3.26. The third-order valence-electron chi connectivity index (χ3n) is 4.72.